The molecule has 14 heteroatoms. The van der Waals surface area contributed by atoms with Crippen molar-refractivity contribution < 1.29 is 37.0 Å². The lowest BCUT2D eigenvalue weighted by Gasteiger charge is -2.60. The molecule has 1 unspecified atom stereocenters. The molecular weight excluding hydrogens is 660 g/mol. The molecule has 2 heterocycles. The van der Waals surface area contributed by atoms with E-state index in [1.807, 2.05) is 6.92 Å². The quantitative estimate of drug-likeness (QED) is 0.174. The Bertz CT molecular complexity index is 1720. The van der Waals surface area contributed by atoms with E-state index in [2.05, 4.69) is 33.7 Å². The van der Waals surface area contributed by atoms with Crippen LogP contribution in [0.15, 0.2) is 65.1 Å². The highest BCUT2D eigenvalue weighted by atomic mass is 35.5. The van der Waals surface area contributed by atoms with Gasteiger partial charge in [-0.1, -0.05) is 37.6 Å². The van der Waals surface area contributed by atoms with Crippen LogP contribution in [0, 0.1) is 22.7 Å². The molecule has 1 aromatic carbocycles. The fraction of sp³-hybridized carbons (Fsp3) is 0.500. The first kappa shape index (κ1) is 35.3. The first-order valence-corrected chi connectivity index (χ1v) is 17.7. The van der Waals surface area contributed by atoms with E-state index in [1.54, 1.807) is 18.2 Å². The van der Waals surface area contributed by atoms with Crippen molar-refractivity contribution in [1.29, 1.82) is 0 Å². The van der Waals surface area contributed by atoms with Crippen molar-refractivity contribution >= 4 is 51.0 Å². The Morgan fingerprint density at radius 3 is 2.44 bits per heavy atom. The van der Waals surface area contributed by atoms with Gasteiger partial charge in [0, 0.05) is 24.9 Å². The molecule has 2 aliphatic carbocycles. The molecule has 1 aromatic heterocycles. The van der Waals surface area contributed by atoms with Crippen molar-refractivity contribution in [3.8, 4) is 0 Å². The molecule has 0 saturated heterocycles. The van der Waals surface area contributed by atoms with Gasteiger partial charge in [0.2, 0.25) is 0 Å². The van der Waals surface area contributed by atoms with Gasteiger partial charge in [-0.05, 0) is 91.8 Å². The number of sulfonamides is 1. The van der Waals surface area contributed by atoms with Gasteiger partial charge in [0.1, 0.15) is 19.3 Å². The van der Waals surface area contributed by atoms with E-state index >= 15 is 0 Å². The van der Waals surface area contributed by atoms with Gasteiger partial charge >= 0.3 is 17.9 Å². The second-order valence-corrected chi connectivity index (χ2v) is 15.4. The van der Waals surface area contributed by atoms with E-state index in [4.69, 9.17) is 25.8 Å². The van der Waals surface area contributed by atoms with Gasteiger partial charge in [-0.15, -0.1) is 10.2 Å². The van der Waals surface area contributed by atoms with E-state index in [1.165, 1.54) is 38.1 Å². The zero-order chi connectivity index (χ0) is 34.9. The van der Waals surface area contributed by atoms with E-state index in [0.717, 1.165) is 24.8 Å². The number of benzene rings is 1. The predicted octanol–water partition coefficient (Wildman–Crippen LogP) is 5.47. The Kier molecular flexibility index (Phi) is 10.2. The summed E-state index contributed by atoms with van der Waals surface area (Å²) in [4.78, 5) is 37.0. The molecule has 12 nitrogen and oxygen atoms in total. The highest BCUT2D eigenvalue weighted by Crippen LogP contribution is 2.62. The number of anilines is 2. The molecule has 0 spiro atoms. The minimum absolute atomic E-state index is 0.00783. The smallest absolute Gasteiger partial charge is 0.336 e. The summed E-state index contributed by atoms with van der Waals surface area (Å²) < 4.78 is 45.1. The third-order valence-electron chi connectivity index (χ3n) is 10.2. The number of cyclic esters (lactones) is 1. The number of nitrogens with one attached hydrogen (secondary N) is 2. The lowest BCUT2D eigenvalue weighted by atomic mass is 9.46. The molecule has 3 aliphatic rings. The van der Waals surface area contributed by atoms with Crippen molar-refractivity contribution in [3.63, 3.8) is 0 Å². The lowest BCUT2D eigenvalue weighted by Crippen LogP contribution is -2.59. The summed E-state index contributed by atoms with van der Waals surface area (Å²) >= 11 is 5.76. The van der Waals surface area contributed by atoms with Gasteiger partial charge in [0.15, 0.2) is 11.0 Å². The number of carbonyl (C=O) groups is 3. The predicted molar refractivity (Wildman–Crippen MR) is 178 cm³/mol. The molecule has 2 fully saturated rings. The molecule has 5 rings (SSSR count). The molecule has 48 heavy (non-hydrogen) atoms. The average molecular weight is 701 g/mol. The molecule has 1 aliphatic heterocycles. The molecule has 0 bridgehead atoms. The maximum atomic E-state index is 13.0. The molecular formula is C34H41ClN4O8S. The Hall–Kier alpha value is -3.97. The highest BCUT2D eigenvalue weighted by molar-refractivity contribution is 7.92. The zero-order valence-corrected chi connectivity index (χ0v) is 29.0. The average Bonchev–Trinajstić information content (AvgIpc) is 3.45. The van der Waals surface area contributed by atoms with Crippen LogP contribution < -0.4 is 10.0 Å². The van der Waals surface area contributed by atoms with Crippen LogP contribution in [-0.4, -0.2) is 61.9 Å². The minimum atomic E-state index is -3.96. The van der Waals surface area contributed by atoms with Crippen molar-refractivity contribution in [3.05, 3.63) is 65.4 Å². The zero-order valence-electron chi connectivity index (χ0n) is 27.5. The van der Waals surface area contributed by atoms with Gasteiger partial charge < -0.3 is 19.5 Å². The highest BCUT2D eigenvalue weighted by Gasteiger charge is 2.60. The Morgan fingerprint density at radius 2 is 1.83 bits per heavy atom. The van der Waals surface area contributed by atoms with Crippen LogP contribution in [0.25, 0.3) is 0 Å². The van der Waals surface area contributed by atoms with Crippen LogP contribution in [0.3, 0.4) is 0 Å². The van der Waals surface area contributed by atoms with E-state index < -0.39 is 39.5 Å². The molecule has 6 atom stereocenters. The SMILES string of the molecule is C=C1CC[C@@H]2[C@](C)(COC(C)=O)[C@H](OC(C)=O)CC[C@@]2(C)[C@H]1CC(Nc1ccc(S(=O)(=O)Nc2ccc(Cl)nn2)cc1)C1=CCOC1=O. The monoisotopic (exact) mass is 700 g/mol. The third-order valence-corrected chi connectivity index (χ3v) is 11.8. The number of ether oxygens (including phenoxy) is 3. The Labute approximate surface area is 285 Å². The van der Waals surface area contributed by atoms with Crippen molar-refractivity contribution in [2.45, 2.75) is 76.8 Å². The van der Waals surface area contributed by atoms with Crippen LogP contribution in [-0.2, 0) is 38.6 Å². The minimum Gasteiger partial charge on any atom is -0.465 e. The molecule has 2 aromatic rings. The largest absolute Gasteiger partial charge is 0.465 e. The number of hydrogen-bond donors (Lipinski definition) is 2. The fourth-order valence-corrected chi connectivity index (χ4v) is 9.00. The molecule has 0 amide bonds. The van der Waals surface area contributed by atoms with Crippen LogP contribution in [0.5, 0.6) is 0 Å². The van der Waals surface area contributed by atoms with Gasteiger partial charge in [0.25, 0.3) is 10.0 Å². The van der Waals surface area contributed by atoms with Crippen LogP contribution in [0.1, 0.15) is 59.8 Å². The van der Waals surface area contributed by atoms with Gasteiger partial charge in [-0.3, -0.25) is 14.3 Å². The summed E-state index contributed by atoms with van der Waals surface area (Å²) in [5.41, 5.74) is 1.20. The van der Waals surface area contributed by atoms with Crippen molar-refractivity contribution in [2.24, 2.45) is 22.7 Å². The maximum absolute atomic E-state index is 13.0. The Balaban J connectivity index is 1.41. The van der Waals surface area contributed by atoms with Crippen molar-refractivity contribution in [1.82, 2.24) is 10.2 Å². The number of hydrogen-bond acceptors (Lipinski definition) is 11. The van der Waals surface area contributed by atoms with E-state index in [0.29, 0.717) is 24.1 Å². The standard InChI is InChI=1S/C34H41ClN4O8S/c1-20-6-11-28-33(4,16-14-29(47-22(3)41)34(28,5)19-46-21(2)40)26(20)18-27(25-15-17-45-32(25)42)36-23-7-9-24(10-8-23)48(43,44)39-31-13-12-30(35)37-38-31/h7-10,12-13,15,26-29,36H,1,6,11,14,16-19H2,2-5H3,(H,38,39)/t26-,27?,28-,29+,33-,34-/m0/s1. The molecule has 0 radical (unpaired) electrons. The number of allylic oxidation sites excluding steroid dienone is 1. The first-order chi connectivity index (χ1) is 22.6. The summed E-state index contributed by atoms with van der Waals surface area (Å²) in [6, 6.07) is 8.55. The number of esters is 3. The lowest BCUT2D eigenvalue weighted by molar-refractivity contribution is -0.191. The first-order valence-electron chi connectivity index (χ1n) is 15.9. The van der Waals surface area contributed by atoms with Gasteiger partial charge in [0.05, 0.1) is 16.5 Å². The fourth-order valence-electron chi connectivity index (χ4n) is 7.91. The molecule has 2 N–H and O–H groups in total. The van der Waals surface area contributed by atoms with Crippen LogP contribution in [0.4, 0.5) is 11.5 Å². The van der Waals surface area contributed by atoms with Gasteiger partial charge in [-0.2, -0.15) is 0 Å². The third kappa shape index (κ3) is 7.36. The molecule has 2 saturated carbocycles. The number of carbonyl (C=O) groups excluding carboxylic acids is 3. The van der Waals surface area contributed by atoms with Crippen molar-refractivity contribution in [2.75, 3.05) is 23.3 Å². The second kappa shape index (κ2) is 13.9. The summed E-state index contributed by atoms with van der Waals surface area (Å²) in [7, 11) is -3.96. The summed E-state index contributed by atoms with van der Waals surface area (Å²) in [5, 5.41) is 11.0. The maximum Gasteiger partial charge on any atom is 0.336 e. The summed E-state index contributed by atoms with van der Waals surface area (Å²) in [6.07, 6.45) is 4.69. The number of fused-ring (bicyclic) bond motifs is 1. The van der Waals surface area contributed by atoms with Crippen LogP contribution in [0.2, 0.25) is 5.15 Å². The van der Waals surface area contributed by atoms with E-state index in [-0.39, 0.29) is 52.3 Å². The Morgan fingerprint density at radius 1 is 1.10 bits per heavy atom. The molecule has 258 valence electrons. The van der Waals surface area contributed by atoms with Gasteiger partial charge in [-0.25, -0.2) is 13.2 Å². The number of aromatic nitrogens is 2. The normalized spacial score (nSPS) is 27.6. The summed E-state index contributed by atoms with van der Waals surface area (Å²) in [6.45, 7) is 11.8. The second-order valence-electron chi connectivity index (χ2n) is 13.3. The van der Waals surface area contributed by atoms with Crippen LogP contribution >= 0.6 is 11.6 Å². The summed E-state index contributed by atoms with van der Waals surface area (Å²) in [5.74, 6) is -1.20. The number of halogens is 1. The number of rotatable bonds is 11. The topological polar surface area (TPSA) is 163 Å². The number of nitrogens with zero attached hydrogens (tertiary/aromatic N) is 2. The van der Waals surface area contributed by atoms with E-state index in [9.17, 15) is 22.8 Å².